The summed E-state index contributed by atoms with van der Waals surface area (Å²) in [4.78, 5) is 0. The zero-order valence-electron chi connectivity index (χ0n) is 9.77. The Hall–Kier alpha value is -2.34. The highest BCUT2D eigenvalue weighted by molar-refractivity contribution is 6.09. The summed E-state index contributed by atoms with van der Waals surface area (Å²) < 4.78 is 0. The van der Waals surface area contributed by atoms with Crippen LogP contribution in [0.3, 0.4) is 0 Å². The number of benzene rings is 3. The predicted octanol–water partition coefficient (Wildman–Crippen LogP) is 5.18. The Balaban J connectivity index is 2.41. The van der Waals surface area contributed by atoms with Gasteiger partial charge in [0.2, 0.25) is 0 Å². The maximum Gasteiger partial charge on any atom is -0.0171 e. The molecular formula is C18H10. The van der Waals surface area contributed by atoms with Crippen LogP contribution in [0.25, 0.3) is 43.1 Å². The molecule has 4 aromatic rings. The van der Waals surface area contributed by atoms with Crippen molar-refractivity contribution in [3.05, 3.63) is 60.7 Å². The number of rotatable bonds is 0. The van der Waals surface area contributed by atoms with Crippen LogP contribution in [0.4, 0.5) is 0 Å². The van der Waals surface area contributed by atoms with E-state index in [1.807, 2.05) is 0 Å². The van der Waals surface area contributed by atoms with Crippen LogP contribution in [0, 0.1) is 0 Å². The third-order valence-corrected chi connectivity index (χ3v) is 4.08. The van der Waals surface area contributed by atoms with E-state index in [4.69, 9.17) is 0 Å². The van der Waals surface area contributed by atoms with Gasteiger partial charge in [-0.15, -0.1) is 0 Å². The summed E-state index contributed by atoms with van der Waals surface area (Å²) in [5.41, 5.74) is 0. The molecule has 0 bridgehead atoms. The second-order valence-electron chi connectivity index (χ2n) is 5.18. The van der Waals surface area contributed by atoms with E-state index in [0.29, 0.717) is 0 Å². The van der Waals surface area contributed by atoms with Crippen LogP contribution in [0.2, 0.25) is 0 Å². The third-order valence-electron chi connectivity index (χ3n) is 4.08. The van der Waals surface area contributed by atoms with Crippen LogP contribution >= 0.6 is 0 Å². The predicted molar refractivity (Wildman–Crippen MR) is 78.8 cm³/mol. The maximum atomic E-state index is 2.31. The summed E-state index contributed by atoms with van der Waals surface area (Å²) >= 11 is 0. The van der Waals surface area contributed by atoms with Crippen LogP contribution in [-0.2, 0) is 0 Å². The molecule has 0 aliphatic heterocycles. The van der Waals surface area contributed by atoms with Crippen molar-refractivity contribution in [2.24, 2.45) is 0 Å². The molecule has 0 radical (unpaired) electrons. The van der Waals surface area contributed by atoms with E-state index in [1.54, 1.807) is 0 Å². The molecule has 0 N–H and O–H groups in total. The summed E-state index contributed by atoms with van der Waals surface area (Å²) in [7, 11) is 0. The van der Waals surface area contributed by atoms with Crippen LogP contribution < -0.4 is 0 Å². The molecule has 0 aliphatic rings. The highest BCUT2D eigenvalue weighted by atomic mass is 14.1. The standard InChI is InChI=1S/C18H10/c1-2-12-6-16-9-15-5-11(1)13-3-4-14(12)8-18(16)10-17(15)7-13/h1-10H. The van der Waals surface area contributed by atoms with Gasteiger partial charge in [-0.2, -0.15) is 0 Å². The number of hydrogen-bond acceptors (Lipinski definition) is 0. The van der Waals surface area contributed by atoms with Crippen LogP contribution in [0.1, 0.15) is 0 Å². The molecule has 0 saturated heterocycles. The number of hydrogen-bond donors (Lipinski definition) is 0. The van der Waals surface area contributed by atoms with E-state index in [0.717, 1.165) is 0 Å². The second kappa shape index (κ2) is 2.73. The molecule has 82 valence electrons. The molecule has 0 amide bonds. The molecule has 0 spiro atoms. The Morgan fingerprint density at radius 2 is 0.500 bits per heavy atom. The Labute approximate surface area is 104 Å². The first kappa shape index (κ1) is 8.71. The van der Waals surface area contributed by atoms with E-state index >= 15 is 0 Å². The molecule has 0 nitrogen and oxygen atoms in total. The molecule has 0 unspecified atom stereocenters. The third kappa shape index (κ3) is 0.964. The van der Waals surface area contributed by atoms with E-state index in [-0.39, 0.29) is 0 Å². The van der Waals surface area contributed by atoms with Gasteiger partial charge >= 0.3 is 0 Å². The Kier molecular flexibility index (Phi) is 1.32. The summed E-state index contributed by atoms with van der Waals surface area (Å²) in [5, 5.41) is 10.6. The molecule has 0 heteroatoms. The smallest absolute Gasteiger partial charge is 0.0171 e. The van der Waals surface area contributed by atoms with Crippen molar-refractivity contribution in [2.75, 3.05) is 0 Å². The SMILES string of the molecule is c1cc2cc3cc4cc1c1ccc2cc3cc4c1. The number of fused-ring (bicyclic) bond motifs is 4. The lowest BCUT2D eigenvalue weighted by Gasteiger charge is -2.03. The van der Waals surface area contributed by atoms with Crippen molar-refractivity contribution in [3.63, 3.8) is 0 Å². The topological polar surface area (TPSA) is 0 Å². The quantitative estimate of drug-likeness (QED) is 0.363. The fourth-order valence-electron chi connectivity index (χ4n) is 3.11. The van der Waals surface area contributed by atoms with Gasteiger partial charge in [-0.05, 0) is 79.5 Å². The Bertz CT molecular complexity index is 781. The molecule has 0 saturated carbocycles. The van der Waals surface area contributed by atoms with Gasteiger partial charge in [0.05, 0.1) is 0 Å². The van der Waals surface area contributed by atoms with Gasteiger partial charge < -0.3 is 0 Å². The van der Waals surface area contributed by atoms with E-state index in [1.165, 1.54) is 43.1 Å². The lowest BCUT2D eigenvalue weighted by Crippen LogP contribution is -1.75. The van der Waals surface area contributed by atoms with E-state index in [9.17, 15) is 0 Å². The van der Waals surface area contributed by atoms with E-state index in [2.05, 4.69) is 60.7 Å². The average Bonchev–Trinajstić information content (AvgIpc) is 2.40. The van der Waals surface area contributed by atoms with Crippen molar-refractivity contribution in [1.82, 2.24) is 0 Å². The highest BCUT2D eigenvalue weighted by Crippen LogP contribution is 2.32. The minimum absolute atomic E-state index is 1.31. The fourth-order valence-corrected chi connectivity index (χ4v) is 3.11. The monoisotopic (exact) mass is 226 g/mol. The lowest BCUT2D eigenvalue weighted by atomic mass is 10.0. The van der Waals surface area contributed by atoms with Gasteiger partial charge in [0.25, 0.3) is 0 Å². The normalized spacial score (nSPS) is 12.4. The van der Waals surface area contributed by atoms with Gasteiger partial charge in [-0.1, -0.05) is 24.3 Å². The zero-order chi connectivity index (χ0) is 11.7. The minimum atomic E-state index is 1.31. The highest BCUT2D eigenvalue weighted by Gasteiger charge is 2.04. The van der Waals surface area contributed by atoms with Crippen molar-refractivity contribution in [3.8, 4) is 0 Å². The minimum Gasteiger partial charge on any atom is -0.0537 e. The van der Waals surface area contributed by atoms with E-state index < -0.39 is 0 Å². The van der Waals surface area contributed by atoms with Crippen molar-refractivity contribution in [1.29, 1.82) is 0 Å². The molecule has 0 fully saturated rings. The average molecular weight is 226 g/mol. The van der Waals surface area contributed by atoms with Crippen molar-refractivity contribution < 1.29 is 0 Å². The van der Waals surface area contributed by atoms with Crippen LogP contribution in [0.15, 0.2) is 60.7 Å². The second-order valence-corrected chi connectivity index (χ2v) is 5.18. The van der Waals surface area contributed by atoms with Crippen LogP contribution in [0.5, 0.6) is 0 Å². The molecule has 0 aromatic heterocycles. The molecule has 0 atom stereocenters. The van der Waals surface area contributed by atoms with Crippen molar-refractivity contribution >= 4 is 43.1 Å². The molecule has 18 heavy (non-hydrogen) atoms. The fraction of sp³-hybridized carbons (Fsp3) is 0. The van der Waals surface area contributed by atoms with Crippen LogP contribution in [-0.4, -0.2) is 0 Å². The summed E-state index contributed by atoms with van der Waals surface area (Å²) in [6.07, 6.45) is 0. The largest absolute Gasteiger partial charge is 0.0537 e. The van der Waals surface area contributed by atoms with Gasteiger partial charge in [-0.25, -0.2) is 0 Å². The lowest BCUT2D eigenvalue weighted by molar-refractivity contribution is 1.88. The zero-order valence-corrected chi connectivity index (χ0v) is 9.77. The maximum absolute atomic E-state index is 2.31. The van der Waals surface area contributed by atoms with Crippen molar-refractivity contribution in [2.45, 2.75) is 0 Å². The Morgan fingerprint density at radius 3 is 0.778 bits per heavy atom. The molecule has 4 rings (SSSR count). The molecule has 0 heterocycles. The van der Waals surface area contributed by atoms with Gasteiger partial charge in [0.1, 0.15) is 0 Å². The van der Waals surface area contributed by atoms with Gasteiger partial charge in [0, 0.05) is 0 Å². The molecular weight excluding hydrogens is 216 g/mol. The summed E-state index contributed by atoms with van der Waals surface area (Å²) in [6, 6.07) is 22.7. The first-order valence-corrected chi connectivity index (χ1v) is 6.29. The summed E-state index contributed by atoms with van der Waals surface area (Å²) in [5.74, 6) is 0. The molecule has 4 aromatic carbocycles. The summed E-state index contributed by atoms with van der Waals surface area (Å²) in [6.45, 7) is 0. The first-order valence-electron chi connectivity index (χ1n) is 6.29. The van der Waals surface area contributed by atoms with Gasteiger partial charge in [-0.3, -0.25) is 0 Å². The van der Waals surface area contributed by atoms with Gasteiger partial charge in [0.15, 0.2) is 0 Å². The first-order chi connectivity index (χ1) is 8.87. The Morgan fingerprint density at radius 1 is 0.278 bits per heavy atom. The molecule has 0 aliphatic carbocycles.